The molecule has 168 valence electrons. The summed E-state index contributed by atoms with van der Waals surface area (Å²) < 4.78 is 71.6. The van der Waals surface area contributed by atoms with Gasteiger partial charge in [0.05, 0.1) is 10.5 Å². The van der Waals surface area contributed by atoms with E-state index in [0.29, 0.717) is 5.75 Å². The van der Waals surface area contributed by atoms with Crippen LogP contribution >= 0.6 is 11.8 Å². The van der Waals surface area contributed by atoms with Crippen LogP contribution in [0.1, 0.15) is 29.7 Å². The number of esters is 1. The highest BCUT2D eigenvalue weighted by atomic mass is 32.2. The van der Waals surface area contributed by atoms with E-state index in [9.17, 15) is 26.4 Å². The van der Waals surface area contributed by atoms with Crippen LogP contribution in [-0.4, -0.2) is 42.8 Å². The van der Waals surface area contributed by atoms with Crippen molar-refractivity contribution in [2.24, 2.45) is 0 Å². The molecule has 0 aliphatic carbocycles. The van der Waals surface area contributed by atoms with Gasteiger partial charge in [-0.2, -0.15) is 29.2 Å². The smallest absolute Gasteiger partial charge is 0.416 e. The number of halogens is 3. The molecule has 1 unspecified atom stereocenters. The molecular weight excluding hydrogens is 451 g/mol. The second-order valence-electron chi connectivity index (χ2n) is 7.22. The molecule has 10 heteroatoms. The Hall–Kier alpha value is -2.04. The first kappa shape index (κ1) is 23.6. The fourth-order valence-electron chi connectivity index (χ4n) is 3.20. The van der Waals surface area contributed by atoms with Crippen molar-refractivity contribution in [1.82, 2.24) is 4.31 Å². The lowest BCUT2D eigenvalue weighted by atomic mass is 10.1. The lowest BCUT2D eigenvalue weighted by molar-refractivity contribution is -0.152. The molecule has 5 nitrogen and oxygen atoms in total. The van der Waals surface area contributed by atoms with Gasteiger partial charge in [0.25, 0.3) is 0 Å². The first-order valence-electron chi connectivity index (χ1n) is 9.54. The third-order valence-corrected chi connectivity index (χ3v) is 7.90. The molecule has 1 heterocycles. The molecule has 3 rings (SSSR count). The van der Waals surface area contributed by atoms with Gasteiger partial charge >= 0.3 is 12.1 Å². The molecule has 0 radical (unpaired) electrons. The van der Waals surface area contributed by atoms with Gasteiger partial charge in [-0.3, -0.25) is 4.79 Å². The van der Waals surface area contributed by atoms with Crippen LogP contribution in [0.3, 0.4) is 0 Å². The van der Waals surface area contributed by atoms with Crippen LogP contribution in [-0.2, 0) is 25.7 Å². The average molecular weight is 474 g/mol. The van der Waals surface area contributed by atoms with E-state index in [1.807, 2.05) is 6.92 Å². The topological polar surface area (TPSA) is 63.7 Å². The number of benzene rings is 2. The van der Waals surface area contributed by atoms with Gasteiger partial charge in [0, 0.05) is 18.1 Å². The quantitative estimate of drug-likeness (QED) is 0.602. The predicted octanol–water partition coefficient (Wildman–Crippen LogP) is 4.42. The Morgan fingerprint density at radius 1 is 1.19 bits per heavy atom. The van der Waals surface area contributed by atoms with Crippen LogP contribution in [0, 0.1) is 6.92 Å². The molecule has 1 aliphatic heterocycles. The van der Waals surface area contributed by atoms with Gasteiger partial charge in [0.1, 0.15) is 12.1 Å². The minimum absolute atomic E-state index is 0.0775. The summed E-state index contributed by atoms with van der Waals surface area (Å²) in [6.07, 6.45) is -5.48. The number of hydrogen-bond donors (Lipinski definition) is 0. The second-order valence-corrected chi connectivity index (χ2v) is 10.3. The van der Waals surface area contributed by atoms with Crippen LogP contribution < -0.4 is 0 Å². The number of nitrogens with zero attached hydrogens (tertiary/aromatic N) is 1. The van der Waals surface area contributed by atoms with E-state index >= 15 is 0 Å². The summed E-state index contributed by atoms with van der Waals surface area (Å²) >= 11 is 1.42. The zero-order chi connectivity index (χ0) is 22.8. The maximum atomic E-state index is 13.1. The molecule has 0 bridgehead atoms. The molecule has 0 N–H and O–H groups in total. The van der Waals surface area contributed by atoms with Gasteiger partial charge < -0.3 is 4.74 Å². The molecule has 0 amide bonds. The lowest BCUT2D eigenvalue weighted by Gasteiger charge is -2.33. The average Bonchev–Trinajstić information content (AvgIpc) is 2.73. The number of alkyl halides is 3. The molecule has 2 aromatic carbocycles. The summed E-state index contributed by atoms with van der Waals surface area (Å²) in [5.74, 6) is -0.0510. The molecule has 0 aromatic heterocycles. The standard InChI is InChI=1S/C21H22F3NO4S2/c1-14-6-8-18(9-7-14)31(27,28)25-10-11-30-13-19(25)20(26)29-15(2)16-4-3-5-17(12-16)21(22,23)24/h3-9,12,15,19H,10-11,13H2,1-2H3/t15?,19-/m0/s1. The van der Waals surface area contributed by atoms with E-state index in [-0.39, 0.29) is 22.8 Å². The van der Waals surface area contributed by atoms with Gasteiger partial charge in [0.15, 0.2) is 0 Å². The minimum Gasteiger partial charge on any atom is -0.457 e. The van der Waals surface area contributed by atoms with E-state index in [1.54, 1.807) is 12.1 Å². The van der Waals surface area contributed by atoms with Crippen molar-refractivity contribution >= 4 is 27.8 Å². The van der Waals surface area contributed by atoms with Crippen molar-refractivity contribution < 1.29 is 31.1 Å². The number of rotatable bonds is 5. The van der Waals surface area contributed by atoms with Gasteiger partial charge in [-0.1, -0.05) is 29.8 Å². The molecule has 1 fully saturated rings. The highest BCUT2D eigenvalue weighted by molar-refractivity contribution is 7.99. The number of ether oxygens (including phenoxy) is 1. The van der Waals surface area contributed by atoms with Gasteiger partial charge in [-0.15, -0.1) is 0 Å². The highest BCUT2D eigenvalue weighted by Gasteiger charge is 2.39. The number of sulfonamides is 1. The summed E-state index contributed by atoms with van der Waals surface area (Å²) in [6, 6.07) is 9.80. The summed E-state index contributed by atoms with van der Waals surface area (Å²) in [4.78, 5) is 12.9. The highest BCUT2D eigenvalue weighted by Crippen LogP contribution is 2.32. The van der Waals surface area contributed by atoms with E-state index in [0.717, 1.165) is 22.0 Å². The number of carbonyl (C=O) groups excluding carboxylic acids is 1. The number of hydrogen-bond acceptors (Lipinski definition) is 5. The summed E-state index contributed by atoms with van der Waals surface area (Å²) in [7, 11) is -3.93. The van der Waals surface area contributed by atoms with Crippen molar-refractivity contribution in [3.8, 4) is 0 Å². The molecule has 2 atom stereocenters. The lowest BCUT2D eigenvalue weighted by Crippen LogP contribution is -2.50. The van der Waals surface area contributed by atoms with Crippen LogP contribution in [0.4, 0.5) is 13.2 Å². The Labute approximate surface area is 183 Å². The number of thioether (sulfide) groups is 1. The Bertz CT molecular complexity index is 1040. The third kappa shape index (κ3) is 5.42. The van der Waals surface area contributed by atoms with Gasteiger partial charge in [-0.25, -0.2) is 8.42 Å². The van der Waals surface area contributed by atoms with Crippen LogP contribution in [0.25, 0.3) is 0 Å². The van der Waals surface area contributed by atoms with E-state index in [1.165, 1.54) is 43.0 Å². The van der Waals surface area contributed by atoms with Crippen molar-refractivity contribution in [3.63, 3.8) is 0 Å². The fourth-order valence-corrected chi connectivity index (χ4v) is 6.02. The van der Waals surface area contributed by atoms with Crippen molar-refractivity contribution in [3.05, 3.63) is 65.2 Å². The molecule has 0 saturated carbocycles. The first-order valence-corrected chi connectivity index (χ1v) is 12.1. The second kappa shape index (κ2) is 9.22. The summed E-state index contributed by atoms with van der Waals surface area (Å²) in [6.45, 7) is 3.43. The molecule has 1 aliphatic rings. The summed E-state index contributed by atoms with van der Waals surface area (Å²) in [5.41, 5.74) is 0.239. The predicted molar refractivity (Wildman–Crippen MR) is 112 cm³/mol. The largest absolute Gasteiger partial charge is 0.457 e. The van der Waals surface area contributed by atoms with E-state index in [2.05, 4.69) is 0 Å². The maximum absolute atomic E-state index is 13.1. The molecule has 31 heavy (non-hydrogen) atoms. The van der Waals surface area contributed by atoms with Crippen LogP contribution in [0.5, 0.6) is 0 Å². The van der Waals surface area contributed by atoms with Crippen molar-refractivity contribution in [2.45, 2.75) is 37.1 Å². The van der Waals surface area contributed by atoms with Crippen molar-refractivity contribution in [2.75, 3.05) is 18.1 Å². The normalized spacial score (nSPS) is 19.1. The first-order chi connectivity index (χ1) is 14.5. The fraction of sp³-hybridized carbons (Fsp3) is 0.381. The van der Waals surface area contributed by atoms with Crippen LogP contribution in [0.15, 0.2) is 53.4 Å². The van der Waals surface area contributed by atoms with Crippen LogP contribution in [0.2, 0.25) is 0 Å². The number of carbonyl (C=O) groups is 1. The monoisotopic (exact) mass is 473 g/mol. The minimum atomic E-state index is -4.52. The Balaban J connectivity index is 1.80. The number of aryl methyl sites for hydroxylation is 1. The molecular formula is C21H22F3NO4S2. The van der Waals surface area contributed by atoms with E-state index < -0.39 is 39.9 Å². The zero-order valence-electron chi connectivity index (χ0n) is 16.9. The van der Waals surface area contributed by atoms with Gasteiger partial charge in [0.2, 0.25) is 10.0 Å². The van der Waals surface area contributed by atoms with E-state index in [4.69, 9.17) is 4.74 Å². The maximum Gasteiger partial charge on any atom is 0.416 e. The zero-order valence-corrected chi connectivity index (χ0v) is 18.6. The van der Waals surface area contributed by atoms with Crippen molar-refractivity contribution in [1.29, 1.82) is 0 Å². The SMILES string of the molecule is Cc1ccc(S(=O)(=O)N2CCSC[C@H]2C(=O)OC(C)c2cccc(C(F)(F)F)c2)cc1. The Morgan fingerprint density at radius 3 is 2.52 bits per heavy atom. The third-order valence-electron chi connectivity index (χ3n) is 4.96. The molecule has 1 saturated heterocycles. The Morgan fingerprint density at radius 2 is 1.87 bits per heavy atom. The molecule has 2 aromatic rings. The molecule has 0 spiro atoms. The Kier molecular flexibility index (Phi) is 7.02. The van der Waals surface area contributed by atoms with Gasteiger partial charge in [-0.05, 0) is 43.7 Å². The summed E-state index contributed by atoms with van der Waals surface area (Å²) in [5, 5.41) is 0.